The molecule has 0 saturated carbocycles. The summed E-state index contributed by atoms with van der Waals surface area (Å²) in [5.74, 6) is -0.829. The van der Waals surface area contributed by atoms with E-state index in [1.54, 1.807) is 12.0 Å². The zero-order chi connectivity index (χ0) is 29.2. The molecule has 2 N–H and O–H groups in total. The number of halogens is 7. The van der Waals surface area contributed by atoms with Crippen molar-refractivity contribution in [1.82, 2.24) is 19.7 Å². The number of pyridine rings is 2. The summed E-state index contributed by atoms with van der Waals surface area (Å²) in [6, 6.07) is 6.19. The highest BCUT2D eigenvalue weighted by Crippen LogP contribution is 2.32. The molecular weight excluding hydrogens is 547 g/mol. The van der Waals surface area contributed by atoms with Crippen LogP contribution < -0.4 is 16.4 Å². The predicted molar refractivity (Wildman–Crippen MR) is 133 cm³/mol. The van der Waals surface area contributed by atoms with Crippen molar-refractivity contribution in [2.75, 3.05) is 5.32 Å². The molecule has 1 atom stereocenters. The van der Waals surface area contributed by atoms with Crippen LogP contribution in [0.1, 0.15) is 30.9 Å². The minimum absolute atomic E-state index is 0.0418. The Hall–Kier alpha value is -4.23. The summed E-state index contributed by atoms with van der Waals surface area (Å²) >= 11 is 0. The summed E-state index contributed by atoms with van der Waals surface area (Å²) in [5, 5.41) is 7.87. The first-order chi connectivity index (χ1) is 18.7. The van der Waals surface area contributed by atoms with E-state index in [2.05, 4.69) is 15.4 Å². The molecule has 3 heterocycles. The van der Waals surface area contributed by atoms with Gasteiger partial charge >= 0.3 is 12.4 Å². The van der Waals surface area contributed by atoms with Crippen molar-refractivity contribution in [3.8, 4) is 11.3 Å². The molecule has 0 saturated heterocycles. The normalized spacial score (nSPS) is 13.0. The van der Waals surface area contributed by atoms with Gasteiger partial charge in [0, 0.05) is 30.5 Å². The number of hydrogen-bond acceptors (Lipinski definition) is 5. The number of nitrogens with zero attached hydrogens (tertiary/aromatic N) is 3. The first-order valence-electron chi connectivity index (χ1n) is 12.0. The maximum absolute atomic E-state index is 15.0. The van der Waals surface area contributed by atoms with E-state index in [9.17, 15) is 35.9 Å². The average molecular weight is 569 g/mol. The molecule has 7 nitrogen and oxygen atoms in total. The lowest BCUT2D eigenvalue weighted by molar-refractivity contribution is -0.138. The summed E-state index contributed by atoms with van der Waals surface area (Å²) in [4.78, 5) is 28.6. The first kappa shape index (κ1) is 28.8. The number of H-pyrrole nitrogens is 1. The Bertz CT molecular complexity index is 1630. The smallest absolute Gasteiger partial charge is 0.381 e. The molecule has 0 radical (unpaired) electrons. The maximum Gasteiger partial charge on any atom is 0.423 e. The van der Waals surface area contributed by atoms with Gasteiger partial charge in [-0.2, -0.15) is 31.4 Å². The van der Waals surface area contributed by atoms with E-state index >= 15 is 4.39 Å². The largest absolute Gasteiger partial charge is 0.423 e. The predicted octanol–water partition coefficient (Wildman–Crippen LogP) is 5.69. The average Bonchev–Trinajstić information content (AvgIpc) is 2.84. The monoisotopic (exact) mass is 569 g/mol. The molecule has 0 bridgehead atoms. The SMILES string of the molecule is CC(CCCn1ccc2cc(-c3ccc(CC(F)(F)F)cn3)cc(F)c2c1=O)Nc1cn[nH]c(=O)c1C(F)(F)F. The van der Waals surface area contributed by atoms with Crippen LogP contribution in [0.5, 0.6) is 0 Å². The molecule has 4 aromatic rings. The topological polar surface area (TPSA) is 92.7 Å². The number of aryl methyl sites for hydroxylation is 1. The Morgan fingerprint density at radius 3 is 2.45 bits per heavy atom. The van der Waals surface area contributed by atoms with E-state index in [-0.39, 0.29) is 34.1 Å². The second-order valence-corrected chi connectivity index (χ2v) is 9.25. The summed E-state index contributed by atoms with van der Waals surface area (Å²) in [6.45, 7) is 1.75. The second-order valence-electron chi connectivity index (χ2n) is 9.25. The number of rotatable bonds is 8. The van der Waals surface area contributed by atoms with Crippen LogP contribution in [0, 0.1) is 5.82 Å². The van der Waals surface area contributed by atoms with E-state index in [0.717, 1.165) is 18.5 Å². The minimum Gasteiger partial charge on any atom is -0.381 e. The lowest BCUT2D eigenvalue weighted by Crippen LogP contribution is -2.27. The zero-order valence-electron chi connectivity index (χ0n) is 20.8. The lowest BCUT2D eigenvalue weighted by atomic mass is 10.0. The molecule has 1 aromatic carbocycles. The summed E-state index contributed by atoms with van der Waals surface area (Å²) in [5.41, 5.74) is -3.36. The van der Waals surface area contributed by atoms with E-state index in [0.29, 0.717) is 12.8 Å². The quantitative estimate of drug-likeness (QED) is 0.266. The summed E-state index contributed by atoms with van der Waals surface area (Å²) in [7, 11) is 0. The molecule has 0 aliphatic heterocycles. The van der Waals surface area contributed by atoms with Crippen molar-refractivity contribution in [3.05, 3.63) is 86.6 Å². The van der Waals surface area contributed by atoms with Crippen LogP contribution in [0.3, 0.4) is 0 Å². The van der Waals surface area contributed by atoms with Gasteiger partial charge in [0.25, 0.3) is 11.1 Å². The van der Waals surface area contributed by atoms with Gasteiger partial charge < -0.3 is 9.88 Å². The zero-order valence-corrected chi connectivity index (χ0v) is 20.8. The third-order valence-electron chi connectivity index (χ3n) is 6.13. The van der Waals surface area contributed by atoms with Gasteiger partial charge in [0.15, 0.2) is 0 Å². The van der Waals surface area contributed by atoms with E-state index in [1.165, 1.54) is 35.0 Å². The number of aromatic amines is 1. The molecule has 40 heavy (non-hydrogen) atoms. The highest BCUT2D eigenvalue weighted by atomic mass is 19.4. The fourth-order valence-corrected chi connectivity index (χ4v) is 4.32. The molecule has 212 valence electrons. The Balaban J connectivity index is 1.46. The van der Waals surface area contributed by atoms with Crippen molar-refractivity contribution in [1.29, 1.82) is 0 Å². The number of anilines is 1. The van der Waals surface area contributed by atoms with Gasteiger partial charge in [0.1, 0.15) is 11.4 Å². The van der Waals surface area contributed by atoms with Crippen molar-refractivity contribution in [2.24, 2.45) is 0 Å². The standard InChI is InChI=1S/C26H22F7N5O2/c1-14(36-20-13-35-37-23(39)22(20)26(31,32)33)3-2-7-38-8-6-16-9-17(10-18(27)21(16)24(38)40)19-5-4-15(12-34-19)11-25(28,29)30/h4-6,8-10,12-14H,2-3,7,11H2,1H3,(H2,36,37,39). The van der Waals surface area contributed by atoms with Crippen LogP contribution in [0.2, 0.25) is 0 Å². The Labute approximate surface area is 221 Å². The third kappa shape index (κ3) is 6.66. The van der Waals surface area contributed by atoms with E-state index in [4.69, 9.17) is 0 Å². The molecule has 0 aliphatic carbocycles. The van der Waals surface area contributed by atoms with Gasteiger partial charge in [-0.1, -0.05) is 6.07 Å². The van der Waals surface area contributed by atoms with Crippen molar-refractivity contribution >= 4 is 16.5 Å². The first-order valence-corrected chi connectivity index (χ1v) is 12.0. The summed E-state index contributed by atoms with van der Waals surface area (Å²) < 4.78 is 93.7. The minimum atomic E-state index is -4.88. The summed E-state index contributed by atoms with van der Waals surface area (Å²) in [6.07, 6.45) is -6.37. The van der Waals surface area contributed by atoms with Crippen molar-refractivity contribution < 1.29 is 30.7 Å². The molecular formula is C26H22F7N5O2. The fourth-order valence-electron chi connectivity index (χ4n) is 4.32. The Kier molecular flexibility index (Phi) is 7.98. The van der Waals surface area contributed by atoms with Crippen LogP contribution in [-0.2, 0) is 19.1 Å². The van der Waals surface area contributed by atoms with Gasteiger partial charge in [-0.05, 0) is 55.0 Å². The van der Waals surface area contributed by atoms with Crippen LogP contribution in [-0.4, -0.2) is 32.0 Å². The molecule has 1 unspecified atom stereocenters. The molecule has 0 aliphatic rings. The molecule has 3 aromatic heterocycles. The second kappa shape index (κ2) is 11.1. The molecule has 0 amide bonds. The van der Waals surface area contributed by atoms with Crippen LogP contribution in [0.4, 0.5) is 36.4 Å². The van der Waals surface area contributed by atoms with Crippen LogP contribution in [0.15, 0.2) is 58.5 Å². The van der Waals surface area contributed by atoms with Gasteiger partial charge in [0.05, 0.1) is 29.4 Å². The number of fused-ring (bicyclic) bond motifs is 1. The van der Waals surface area contributed by atoms with Gasteiger partial charge in [-0.15, -0.1) is 0 Å². The lowest BCUT2D eigenvalue weighted by Gasteiger charge is -2.18. The van der Waals surface area contributed by atoms with Crippen molar-refractivity contribution in [3.63, 3.8) is 0 Å². The molecule has 0 spiro atoms. The maximum atomic E-state index is 15.0. The highest BCUT2D eigenvalue weighted by Gasteiger charge is 2.37. The number of nitrogens with one attached hydrogen (secondary N) is 2. The number of alkyl halides is 6. The number of aromatic nitrogens is 4. The molecule has 14 heteroatoms. The van der Waals surface area contributed by atoms with Crippen LogP contribution in [0.25, 0.3) is 22.0 Å². The molecule has 4 rings (SSSR count). The Morgan fingerprint density at radius 2 is 1.80 bits per heavy atom. The number of hydrogen-bond donors (Lipinski definition) is 2. The van der Waals surface area contributed by atoms with Gasteiger partial charge in [-0.25, -0.2) is 9.49 Å². The van der Waals surface area contributed by atoms with Gasteiger partial charge in [-0.3, -0.25) is 14.6 Å². The van der Waals surface area contributed by atoms with Crippen molar-refractivity contribution in [2.45, 2.75) is 51.1 Å². The Morgan fingerprint density at radius 1 is 1.05 bits per heavy atom. The van der Waals surface area contributed by atoms with E-state index < -0.39 is 53.0 Å². The fraction of sp³-hybridized carbons (Fsp3) is 0.308. The highest BCUT2D eigenvalue weighted by molar-refractivity contribution is 5.86. The number of benzene rings is 1. The van der Waals surface area contributed by atoms with Crippen LogP contribution >= 0.6 is 0 Å². The van der Waals surface area contributed by atoms with Gasteiger partial charge in [0.2, 0.25) is 0 Å². The third-order valence-corrected chi connectivity index (χ3v) is 6.13. The van der Waals surface area contributed by atoms with E-state index in [1.807, 2.05) is 0 Å². The molecule has 0 fully saturated rings.